The van der Waals surface area contributed by atoms with Crippen LogP contribution in [0.2, 0.25) is 5.02 Å². The number of aromatic nitrogens is 1. The maximum atomic E-state index is 6.30. The molecule has 2 rings (SSSR count). The van der Waals surface area contributed by atoms with Gasteiger partial charge in [0.05, 0.1) is 5.02 Å². The van der Waals surface area contributed by atoms with Gasteiger partial charge in [0, 0.05) is 23.3 Å². The van der Waals surface area contributed by atoms with Crippen LogP contribution < -0.4 is 4.90 Å². The minimum Gasteiger partial charge on any atom is -0.349 e. The summed E-state index contributed by atoms with van der Waals surface area (Å²) in [6.45, 7) is 5.08. The number of anilines is 1. The normalized spacial score (nSPS) is 10.8. The molecule has 0 aliphatic carbocycles. The topological polar surface area (TPSA) is 16.1 Å². The van der Waals surface area contributed by atoms with E-state index in [9.17, 15) is 0 Å². The number of halogens is 2. The van der Waals surface area contributed by atoms with E-state index in [-0.39, 0.29) is 0 Å². The minimum atomic E-state index is 0.325. The van der Waals surface area contributed by atoms with Crippen LogP contribution in [0.4, 0.5) is 5.82 Å². The Morgan fingerprint density at radius 2 is 1.95 bits per heavy atom. The molecule has 4 heteroatoms. The fourth-order valence-corrected chi connectivity index (χ4v) is 2.64. The van der Waals surface area contributed by atoms with Crippen LogP contribution in [0.1, 0.15) is 19.4 Å². The lowest BCUT2D eigenvalue weighted by molar-refractivity contribution is 0.672. The summed E-state index contributed by atoms with van der Waals surface area (Å²) in [7, 11) is 0. The Hall–Kier alpha value is -1.06. The molecular weight excluding hydrogens is 324 g/mol. The Morgan fingerprint density at radius 1 is 1.26 bits per heavy atom. The van der Waals surface area contributed by atoms with Crippen molar-refractivity contribution < 1.29 is 0 Å². The van der Waals surface area contributed by atoms with Gasteiger partial charge in [-0.2, -0.15) is 0 Å². The summed E-state index contributed by atoms with van der Waals surface area (Å²) in [6, 6.07) is 12.5. The van der Waals surface area contributed by atoms with Gasteiger partial charge in [0.15, 0.2) is 0 Å². The van der Waals surface area contributed by atoms with Crippen molar-refractivity contribution in [3.05, 3.63) is 57.7 Å². The average molecular weight is 340 g/mol. The van der Waals surface area contributed by atoms with Gasteiger partial charge in [0.1, 0.15) is 5.82 Å². The van der Waals surface area contributed by atoms with E-state index in [0.29, 0.717) is 11.1 Å². The third kappa shape index (κ3) is 3.71. The molecule has 1 aromatic carbocycles. The van der Waals surface area contributed by atoms with E-state index in [1.54, 1.807) is 6.20 Å². The minimum absolute atomic E-state index is 0.325. The first-order chi connectivity index (χ1) is 9.08. The molecular formula is C15H16BrClN2. The first kappa shape index (κ1) is 14.4. The first-order valence-electron chi connectivity index (χ1n) is 6.19. The van der Waals surface area contributed by atoms with Gasteiger partial charge in [0.2, 0.25) is 0 Å². The third-order valence-corrected chi connectivity index (χ3v) is 3.59. The standard InChI is InChI=1S/C15H16BrClN2/c1-11(2)19(10-12-6-4-3-5-7-12)15-14(17)8-13(16)9-18-15/h3-9,11H,10H2,1-2H3. The van der Waals surface area contributed by atoms with Gasteiger partial charge < -0.3 is 4.90 Å². The average Bonchev–Trinajstić information content (AvgIpc) is 2.38. The van der Waals surface area contributed by atoms with Crippen LogP contribution in [-0.4, -0.2) is 11.0 Å². The molecule has 1 heterocycles. The lowest BCUT2D eigenvalue weighted by Crippen LogP contribution is -2.31. The predicted molar refractivity (Wildman–Crippen MR) is 84.7 cm³/mol. The molecule has 100 valence electrons. The fraction of sp³-hybridized carbons (Fsp3) is 0.267. The van der Waals surface area contributed by atoms with Gasteiger partial charge >= 0.3 is 0 Å². The second kappa shape index (κ2) is 6.40. The van der Waals surface area contributed by atoms with Gasteiger partial charge in [-0.15, -0.1) is 0 Å². The summed E-state index contributed by atoms with van der Waals surface area (Å²) in [5.41, 5.74) is 1.25. The smallest absolute Gasteiger partial charge is 0.147 e. The Morgan fingerprint density at radius 3 is 2.53 bits per heavy atom. The highest BCUT2D eigenvalue weighted by molar-refractivity contribution is 9.10. The zero-order valence-corrected chi connectivity index (χ0v) is 13.3. The first-order valence-corrected chi connectivity index (χ1v) is 7.36. The van der Waals surface area contributed by atoms with Crippen LogP contribution >= 0.6 is 27.5 Å². The lowest BCUT2D eigenvalue weighted by Gasteiger charge is -2.28. The largest absolute Gasteiger partial charge is 0.349 e. The van der Waals surface area contributed by atoms with Crippen LogP contribution in [0.5, 0.6) is 0 Å². The van der Waals surface area contributed by atoms with Crippen LogP contribution in [0.15, 0.2) is 47.1 Å². The molecule has 0 saturated carbocycles. The van der Waals surface area contributed by atoms with E-state index < -0.39 is 0 Å². The molecule has 0 saturated heterocycles. The van der Waals surface area contributed by atoms with Crippen molar-refractivity contribution in [2.24, 2.45) is 0 Å². The Bertz CT molecular complexity index is 543. The van der Waals surface area contributed by atoms with Crippen LogP contribution in [0, 0.1) is 0 Å². The van der Waals surface area contributed by atoms with Crippen LogP contribution in [0.3, 0.4) is 0 Å². The highest BCUT2D eigenvalue weighted by Gasteiger charge is 2.16. The monoisotopic (exact) mass is 338 g/mol. The molecule has 0 unspecified atom stereocenters. The molecule has 0 aliphatic rings. The van der Waals surface area contributed by atoms with Crippen molar-refractivity contribution in [1.29, 1.82) is 0 Å². The van der Waals surface area contributed by atoms with Gasteiger partial charge in [0.25, 0.3) is 0 Å². The van der Waals surface area contributed by atoms with Gasteiger partial charge in [-0.05, 0) is 41.4 Å². The molecule has 0 amide bonds. The van der Waals surface area contributed by atoms with Crippen molar-refractivity contribution in [3.8, 4) is 0 Å². The highest BCUT2D eigenvalue weighted by atomic mass is 79.9. The van der Waals surface area contributed by atoms with E-state index in [4.69, 9.17) is 11.6 Å². The molecule has 2 aromatic rings. The number of rotatable bonds is 4. The van der Waals surface area contributed by atoms with Gasteiger partial charge in [-0.1, -0.05) is 41.9 Å². The van der Waals surface area contributed by atoms with Crippen LogP contribution in [-0.2, 0) is 6.54 Å². The molecule has 19 heavy (non-hydrogen) atoms. The maximum Gasteiger partial charge on any atom is 0.147 e. The summed E-state index contributed by atoms with van der Waals surface area (Å²) >= 11 is 9.68. The summed E-state index contributed by atoms with van der Waals surface area (Å²) in [5, 5.41) is 0.666. The maximum absolute atomic E-state index is 6.30. The summed E-state index contributed by atoms with van der Waals surface area (Å²) in [5.74, 6) is 0.823. The summed E-state index contributed by atoms with van der Waals surface area (Å²) < 4.78 is 0.893. The molecule has 1 aromatic heterocycles. The van der Waals surface area contributed by atoms with E-state index in [0.717, 1.165) is 16.8 Å². The number of hydrogen-bond acceptors (Lipinski definition) is 2. The van der Waals surface area contributed by atoms with Gasteiger partial charge in [-0.25, -0.2) is 4.98 Å². The molecule has 2 nitrogen and oxygen atoms in total. The zero-order valence-electron chi connectivity index (χ0n) is 11.0. The van der Waals surface area contributed by atoms with E-state index in [1.165, 1.54) is 5.56 Å². The van der Waals surface area contributed by atoms with Crippen molar-refractivity contribution in [3.63, 3.8) is 0 Å². The molecule has 0 fully saturated rings. The number of benzene rings is 1. The highest BCUT2D eigenvalue weighted by Crippen LogP contribution is 2.28. The van der Waals surface area contributed by atoms with Crippen molar-refractivity contribution in [2.75, 3.05) is 4.90 Å². The fourth-order valence-electron chi connectivity index (χ4n) is 1.90. The molecule has 0 radical (unpaired) electrons. The number of pyridine rings is 1. The second-order valence-corrected chi connectivity index (χ2v) is 5.99. The zero-order chi connectivity index (χ0) is 13.8. The number of hydrogen-bond donors (Lipinski definition) is 0. The van der Waals surface area contributed by atoms with Crippen molar-refractivity contribution in [2.45, 2.75) is 26.4 Å². The van der Waals surface area contributed by atoms with Crippen molar-refractivity contribution >= 4 is 33.3 Å². The predicted octanol–water partition coefficient (Wildman–Crippen LogP) is 4.91. The molecule has 0 aliphatic heterocycles. The van der Waals surface area contributed by atoms with Crippen molar-refractivity contribution in [1.82, 2.24) is 4.98 Å². The lowest BCUT2D eigenvalue weighted by atomic mass is 10.2. The van der Waals surface area contributed by atoms with Gasteiger partial charge in [-0.3, -0.25) is 0 Å². The Labute approximate surface area is 127 Å². The van der Waals surface area contributed by atoms with Crippen LogP contribution in [0.25, 0.3) is 0 Å². The Balaban J connectivity index is 2.30. The molecule has 0 atom stereocenters. The SMILES string of the molecule is CC(C)N(Cc1ccccc1)c1ncc(Br)cc1Cl. The van der Waals surface area contributed by atoms with E-state index in [1.807, 2.05) is 24.3 Å². The van der Waals surface area contributed by atoms with E-state index >= 15 is 0 Å². The quantitative estimate of drug-likeness (QED) is 0.786. The molecule has 0 N–H and O–H groups in total. The summed E-state index contributed by atoms with van der Waals surface area (Å²) in [4.78, 5) is 6.64. The second-order valence-electron chi connectivity index (χ2n) is 4.67. The third-order valence-electron chi connectivity index (χ3n) is 2.88. The molecule has 0 bridgehead atoms. The number of nitrogens with zero attached hydrogens (tertiary/aromatic N) is 2. The summed E-state index contributed by atoms with van der Waals surface area (Å²) in [6.07, 6.45) is 1.78. The van der Waals surface area contributed by atoms with E-state index in [2.05, 4.69) is 51.8 Å². The molecule has 0 spiro atoms. The Kier molecular flexibility index (Phi) is 4.83.